The van der Waals surface area contributed by atoms with Crippen molar-refractivity contribution in [1.82, 2.24) is 4.90 Å². The summed E-state index contributed by atoms with van der Waals surface area (Å²) in [6.45, 7) is 21.2. The third kappa shape index (κ3) is 9.35. The number of ether oxygens (including phenoxy) is 2. The predicted molar refractivity (Wildman–Crippen MR) is 152 cm³/mol. The van der Waals surface area contributed by atoms with Crippen LogP contribution in [0.15, 0.2) is 12.1 Å². The first kappa shape index (κ1) is 30.6. The summed E-state index contributed by atoms with van der Waals surface area (Å²) in [4.78, 5) is 14.7. The minimum atomic E-state index is -1.73. The lowest BCUT2D eigenvalue weighted by Crippen LogP contribution is -2.41. The van der Waals surface area contributed by atoms with Gasteiger partial charge in [-0.05, 0) is 49.2 Å². The normalized spacial score (nSPS) is 17.4. The molecular formula is C26H45Cl2NO4Si2. The van der Waals surface area contributed by atoms with Crippen molar-refractivity contribution in [2.75, 3.05) is 33.1 Å². The summed E-state index contributed by atoms with van der Waals surface area (Å²) in [6.07, 6.45) is 2.28. The zero-order valence-corrected chi connectivity index (χ0v) is 26.4. The Bertz CT molecular complexity index is 853. The topological polar surface area (TPSA) is 48.0 Å². The average molecular weight is 563 g/mol. The third-order valence-electron chi connectivity index (χ3n) is 7.10. The van der Waals surface area contributed by atoms with Crippen LogP contribution in [0.25, 0.3) is 0 Å². The number of nitrogens with zero attached hydrogens (tertiary/aromatic N) is 1. The van der Waals surface area contributed by atoms with Crippen molar-refractivity contribution in [1.29, 1.82) is 0 Å². The zero-order valence-electron chi connectivity index (χ0n) is 22.9. The number of halogens is 2. The molecule has 0 aliphatic carbocycles. The molecule has 5 nitrogen and oxygen atoms in total. The summed E-state index contributed by atoms with van der Waals surface area (Å²) < 4.78 is 17.9. The molecular weight excluding hydrogens is 517 g/mol. The summed E-state index contributed by atoms with van der Waals surface area (Å²) in [7, 11) is -2.88. The molecule has 200 valence electrons. The Kier molecular flexibility index (Phi) is 11.2. The molecule has 1 aliphatic heterocycles. The van der Waals surface area contributed by atoms with Gasteiger partial charge >= 0.3 is 0 Å². The molecule has 0 bridgehead atoms. The van der Waals surface area contributed by atoms with Gasteiger partial charge in [0.15, 0.2) is 15.1 Å². The van der Waals surface area contributed by atoms with Gasteiger partial charge in [0.05, 0.1) is 10.0 Å². The van der Waals surface area contributed by atoms with Crippen molar-refractivity contribution >= 4 is 45.5 Å². The average Bonchev–Trinajstić information content (AvgIpc) is 3.08. The molecule has 1 atom stereocenters. The van der Waals surface area contributed by atoms with E-state index in [0.29, 0.717) is 35.4 Å². The van der Waals surface area contributed by atoms with Gasteiger partial charge in [-0.25, -0.2) is 0 Å². The predicted octanol–water partition coefficient (Wildman–Crippen LogP) is 7.80. The maximum atomic E-state index is 12.8. The van der Waals surface area contributed by atoms with Gasteiger partial charge in [-0.3, -0.25) is 4.79 Å². The van der Waals surface area contributed by atoms with Crippen LogP contribution in [0.2, 0.25) is 53.9 Å². The fourth-order valence-electron chi connectivity index (χ4n) is 3.73. The number of hydrogen-bond acceptors (Lipinski definition) is 4. The van der Waals surface area contributed by atoms with E-state index in [4.69, 9.17) is 37.1 Å². The minimum Gasteiger partial charge on any atom is -0.467 e. The van der Waals surface area contributed by atoms with E-state index in [1.54, 1.807) is 6.07 Å². The highest BCUT2D eigenvalue weighted by atomic mass is 35.5. The van der Waals surface area contributed by atoms with E-state index in [1.165, 1.54) is 0 Å². The molecule has 1 aromatic rings. The maximum Gasteiger partial charge on any atom is 0.223 e. The second kappa shape index (κ2) is 12.8. The van der Waals surface area contributed by atoms with Gasteiger partial charge in [0.1, 0.15) is 5.75 Å². The lowest BCUT2D eigenvalue weighted by molar-refractivity contribution is -0.127. The van der Waals surface area contributed by atoms with E-state index < -0.39 is 16.4 Å². The lowest BCUT2D eigenvalue weighted by atomic mass is 9.97. The SMILES string of the molecule is CC(C)(C)[Si](C)(C)OCCCCN1C[C@@H](c2c(OCOCC[Si](C)(C)C)ccc(Cl)c2Cl)CC1=O. The number of rotatable bonds is 13. The monoisotopic (exact) mass is 561 g/mol. The molecule has 0 N–H and O–H groups in total. The van der Waals surface area contributed by atoms with Crippen LogP contribution in [0, 0.1) is 0 Å². The Hall–Kier alpha value is -0.576. The Balaban J connectivity index is 1.91. The van der Waals surface area contributed by atoms with Gasteiger partial charge in [0, 0.05) is 52.3 Å². The van der Waals surface area contributed by atoms with E-state index in [9.17, 15) is 4.79 Å². The summed E-state index contributed by atoms with van der Waals surface area (Å²) in [5.41, 5.74) is 0.810. The first-order valence-corrected chi connectivity index (χ1v) is 20.1. The number of benzene rings is 1. The molecule has 9 heteroatoms. The smallest absolute Gasteiger partial charge is 0.223 e. The molecule has 1 aliphatic rings. The van der Waals surface area contributed by atoms with Crippen molar-refractivity contribution in [3.63, 3.8) is 0 Å². The van der Waals surface area contributed by atoms with Crippen LogP contribution in [0.1, 0.15) is 51.5 Å². The summed E-state index contributed by atoms with van der Waals surface area (Å²) in [6, 6.07) is 4.65. The van der Waals surface area contributed by atoms with Gasteiger partial charge in [-0.1, -0.05) is 63.6 Å². The maximum absolute atomic E-state index is 12.8. The van der Waals surface area contributed by atoms with Crippen LogP contribution < -0.4 is 4.74 Å². The van der Waals surface area contributed by atoms with Gasteiger partial charge in [-0.2, -0.15) is 0 Å². The van der Waals surface area contributed by atoms with Crippen LogP contribution in [0.4, 0.5) is 0 Å². The highest BCUT2D eigenvalue weighted by Crippen LogP contribution is 2.42. The summed E-state index contributed by atoms with van der Waals surface area (Å²) in [5, 5.41) is 1.15. The Morgan fingerprint density at radius 2 is 1.74 bits per heavy atom. The number of carbonyl (C=O) groups is 1. The summed E-state index contributed by atoms with van der Waals surface area (Å²) in [5.74, 6) is 0.748. The Labute approximate surface area is 224 Å². The van der Waals surface area contributed by atoms with Crippen molar-refractivity contribution in [2.24, 2.45) is 0 Å². The van der Waals surface area contributed by atoms with Gasteiger partial charge in [-0.15, -0.1) is 0 Å². The van der Waals surface area contributed by atoms with E-state index in [1.807, 2.05) is 11.0 Å². The molecule has 1 amide bonds. The standard InChI is InChI=1S/C26H45Cl2NO4Si2/c1-26(2,3)35(7,8)33-14-10-9-13-29-18-20(17-23(29)30)24-22(12-11-21(27)25(24)28)32-19-31-15-16-34(4,5)6/h11-12,20H,9-10,13-19H2,1-8H3/t20-/m0/s1. The number of carbonyl (C=O) groups excluding carboxylic acids is 1. The number of likely N-dealkylation sites (tertiary alicyclic amines) is 1. The molecule has 35 heavy (non-hydrogen) atoms. The molecule has 1 fully saturated rings. The zero-order chi connectivity index (χ0) is 26.4. The highest BCUT2D eigenvalue weighted by molar-refractivity contribution is 6.76. The Morgan fingerprint density at radius 3 is 2.37 bits per heavy atom. The van der Waals surface area contributed by atoms with Crippen molar-refractivity contribution in [2.45, 2.75) is 89.8 Å². The number of amides is 1. The number of hydrogen-bond donors (Lipinski definition) is 0. The molecule has 0 radical (unpaired) electrons. The molecule has 0 unspecified atom stereocenters. The van der Waals surface area contributed by atoms with Crippen molar-refractivity contribution in [3.8, 4) is 5.75 Å². The fraction of sp³-hybridized carbons (Fsp3) is 0.731. The highest BCUT2D eigenvalue weighted by Gasteiger charge is 2.37. The van der Waals surface area contributed by atoms with Gasteiger partial charge in [0.2, 0.25) is 5.91 Å². The Morgan fingerprint density at radius 1 is 1.06 bits per heavy atom. The molecule has 0 saturated carbocycles. The van der Waals surface area contributed by atoms with Crippen LogP contribution in [0.5, 0.6) is 5.75 Å². The second-order valence-corrected chi connectivity index (χ2v) is 23.5. The van der Waals surface area contributed by atoms with Crippen LogP contribution >= 0.6 is 23.2 Å². The molecule has 2 rings (SSSR count). The van der Waals surface area contributed by atoms with E-state index in [0.717, 1.165) is 37.6 Å². The van der Waals surface area contributed by atoms with E-state index in [-0.39, 0.29) is 23.7 Å². The van der Waals surface area contributed by atoms with Crippen molar-refractivity contribution in [3.05, 3.63) is 27.7 Å². The first-order chi connectivity index (χ1) is 16.1. The first-order valence-electron chi connectivity index (χ1n) is 12.7. The lowest BCUT2D eigenvalue weighted by Gasteiger charge is -2.36. The van der Waals surface area contributed by atoms with Crippen LogP contribution in [-0.2, 0) is 14.0 Å². The molecule has 0 aromatic heterocycles. The van der Waals surface area contributed by atoms with E-state index >= 15 is 0 Å². The molecule has 1 heterocycles. The van der Waals surface area contributed by atoms with Crippen molar-refractivity contribution < 1.29 is 18.7 Å². The van der Waals surface area contributed by atoms with E-state index in [2.05, 4.69) is 53.5 Å². The third-order valence-corrected chi connectivity index (χ3v) is 14.2. The summed E-state index contributed by atoms with van der Waals surface area (Å²) >= 11 is 12.9. The van der Waals surface area contributed by atoms with Crippen LogP contribution in [-0.4, -0.2) is 60.3 Å². The molecule has 1 saturated heterocycles. The molecule has 1 aromatic carbocycles. The van der Waals surface area contributed by atoms with Gasteiger partial charge in [0.25, 0.3) is 0 Å². The largest absolute Gasteiger partial charge is 0.467 e. The minimum absolute atomic E-state index is 0.0471. The van der Waals surface area contributed by atoms with Crippen LogP contribution in [0.3, 0.4) is 0 Å². The number of unbranched alkanes of at least 4 members (excludes halogenated alkanes) is 1. The molecule has 0 spiro atoms. The van der Waals surface area contributed by atoms with Gasteiger partial charge < -0.3 is 18.8 Å². The second-order valence-electron chi connectivity index (χ2n) is 12.3. The fourth-order valence-corrected chi connectivity index (χ4v) is 6.05. The quantitative estimate of drug-likeness (QED) is 0.140.